The van der Waals surface area contributed by atoms with E-state index < -0.39 is 6.03 Å². The van der Waals surface area contributed by atoms with Gasteiger partial charge in [-0.3, -0.25) is 4.90 Å². The molecule has 0 saturated carbocycles. The number of urea groups is 1. The molecule has 0 aromatic heterocycles. The maximum atomic E-state index is 11.9. The molecule has 0 aliphatic heterocycles. The minimum Gasteiger partial charge on any atom is -0.370 e. The molecule has 0 bridgehead atoms. The summed E-state index contributed by atoms with van der Waals surface area (Å²) in [5.74, 6) is -0.247. The van der Waals surface area contributed by atoms with Gasteiger partial charge in [-0.05, 0) is 44.0 Å². The lowest BCUT2D eigenvalue weighted by molar-refractivity contribution is 0.254. The summed E-state index contributed by atoms with van der Waals surface area (Å²) in [5, 5.41) is 0.638. The van der Waals surface area contributed by atoms with Crippen molar-refractivity contribution in [2.24, 2.45) is 16.5 Å². The number of guanidine groups is 1. The van der Waals surface area contributed by atoms with Gasteiger partial charge in [0.1, 0.15) is 0 Å². The van der Waals surface area contributed by atoms with Gasteiger partial charge in [-0.1, -0.05) is 11.6 Å². The lowest BCUT2D eigenvalue weighted by atomic mass is 10.1. The second kappa shape index (κ2) is 5.73. The van der Waals surface area contributed by atoms with Crippen LogP contribution in [0.25, 0.3) is 0 Å². The molecular weight excluding hydrogens is 252 g/mol. The van der Waals surface area contributed by atoms with E-state index in [2.05, 4.69) is 4.99 Å². The molecule has 2 amide bonds. The minimum atomic E-state index is -0.481. The van der Waals surface area contributed by atoms with Gasteiger partial charge < -0.3 is 11.5 Å². The Morgan fingerprint density at radius 1 is 1.33 bits per heavy atom. The standard InChI is InChI=1S/C12H17ClN4O/c1-4-17(12(18)16-11(14)15)10-7(2)5-9(13)6-8(10)3/h5-6H,4H2,1-3H3,(H4,14,15,16,18). The van der Waals surface area contributed by atoms with E-state index in [0.29, 0.717) is 11.6 Å². The van der Waals surface area contributed by atoms with Crippen LogP contribution in [0, 0.1) is 13.8 Å². The Balaban J connectivity index is 3.26. The van der Waals surface area contributed by atoms with Crippen LogP contribution in [0.3, 0.4) is 0 Å². The highest BCUT2D eigenvalue weighted by Crippen LogP contribution is 2.28. The Kier molecular flexibility index (Phi) is 4.55. The molecule has 4 N–H and O–H groups in total. The van der Waals surface area contributed by atoms with Crippen LogP contribution in [0.5, 0.6) is 0 Å². The molecule has 98 valence electrons. The summed E-state index contributed by atoms with van der Waals surface area (Å²) in [6.45, 7) is 6.10. The highest BCUT2D eigenvalue weighted by molar-refractivity contribution is 6.30. The number of hydrogen-bond acceptors (Lipinski definition) is 1. The molecule has 1 aromatic carbocycles. The molecule has 0 saturated heterocycles. The monoisotopic (exact) mass is 268 g/mol. The number of aryl methyl sites for hydroxylation is 2. The highest BCUT2D eigenvalue weighted by atomic mass is 35.5. The Morgan fingerprint density at radius 3 is 2.22 bits per heavy atom. The zero-order valence-electron chi connectivity index (χ0n) is 10.7. The molecule has 5 nitrogen and oxygen atoms in total. The van der Waals surface area contributed by atoms with E-state index in [1.165, 1.54) is 4.90 Å². The summed E-state index contributed by atoms with van der Waals surface area (Å²) in [4.78, 5) is 17.0. The number of nitrogens with two attached hydrogens (primary N) is 2. The van der Waals surface area contributed by atoms with Gasteiger partial charge in [0, 0.05) is 11.6 Å². The first-order valence-electron chi connectivity index (χ1n) is 5.54. The highest BCUT2D eigenvalue weighted by Gasteiger charge is 2.18. The second-order valence-electron chi connectivity index (χ2n) is 3.95. The fourth-order valence-corrected chi connectivity index (χ4v) is 2.22. The van der Waals surface area contributed by atoms with Crippen LogP contribution in [0.15, 0.2) is 17.1 Å². The lowest BCUT2D eigenvalue weighted by Gasteiger charge is -2.23. The van der Waals surface area contributed by atoms with Crippen LogP contribution in [-0.4, -0.2) is 18.5 Å². The first kappa shape index (κ1) is 14.3. The molecular formula is C12H17ClN4O. The predicted molar refractivity (Wildman–Crippen MR) is 75.2 cm³/mol. The maximum Gasteiger partial charge on any atom is 0.351 e. The summed E-state index contributed by atoms with van der Waals surface area (Å²) in [5.41, 5.74) is 13.0. The van der Waals surface area contributed by atoms with Gasteiger partial charge in [-0.2, -0.15) is 4.99 Å². The number of anilines is 1. The van der Waals surface area contributed by atoms with Crippen LogP contribution >= 0.6 is 11.6 Å². The van der Waals surface area contributed by atoms with Gasteiger partial charge >= 0.3 is 6.03 Å². The van der Waals surface area contributed by atoms with Crippen LogP contribution in [0.2, 0.25) is 5.02 Å². The number of hydrogen-bond donors (Lipinski definition) is 2. The maximum absolute atomic E-state index is 11.9. The number of carbonyl (C=O) groups is 1. The number of carbonyl (C=O) groups excluding carboxylic acids is 1. The molecule has 0 heterocycles. The van der Waals surface area contributed by atoms with Gasteiger partial charge in [-0.25, -0.2) is 4.79 Å². The van der Waals surface area contributed by atoms with Crippen molar-refractivity contribution < 1.29 is 4.79 Å². The smallest absolute Gasteiger partial charge is 0.351 e. The number of nitrogens with zero attached hydrogens (tertiary/aromatic N) is 2. The number of amides is 2. The van der Waals surface area contributed by atoms with Crippen molar-refractivity contribution in [3.63, 3.8) is 0 Å². The van der Waals surface area contributed by atoms with Crippen LogP contribution in [-0.2, 0) is 0 Å². The molecule has 0 radical (unpaired) electrons. The molecule has 0 aliphatic carbocycles. The third-order valence-corrected chi connectivity index (χ3v) is 2.72. The largest absolute Gasteiger partial charge is 0.370 e. The number of benzene rings is 1. The van der Waals surface area contributed by atoms with E-state index in [4.69, 9.17) is 23.1 Å². The Bertz CT molecular complexity index is 472. The SMILES string of the molecule is CCN(C(=O)N=C(N)N)c1c(C)cc(Cl)cc1C. The van der Waals surface area contributed by atoms with Crippen molar-refractivity contribution >= 4 is 29.3 Å². The molecule has 0 unspecified atom stereocenters. The fraction of sp³-hybridized carbons (Fsp3) is 0.333. The summed E-state index contributed by atoms with van der Waals surface area (Å²) in [6.07, 6.45) is 0. The summed E-state index contributed by atoms with van der Waals surface area (Å²) >= 11 is 5.96. The van der Waals surface area contributed by atoms with E-state index >= 15 is 0 Å². The van der Waals surface area contributed by atoms with Gasteiger partial charge in [0.05, 0.1) is 5.69 Å². The predicted octanol–water partition coefficient (Wildman–Crippen LogP) is 2.18. The Hall–Kier alpha value is -1.75. The normalized spacial score (nSPS) is 10.0. The number of aliphatic imine (C=N–C) groups is 1. The van der Waals surface area contributed by atoms with Crippen molar-refractivity contribution in [1.29, 1.82) is 0 Å². The first-order chi connectivity index (χ1) is 8.36. The average molecular weight is 269 g/mol. The molecule has 1 rings (SSSR count). The van der Waals surface area contributed by atoms with Crippen LogP contribution in [0.4, 0.5) is 10.5 Å². The second-order valence-corrected chi connectivity index (χ2v) is 4.39. The van der Waals surface area contributed by atoms with E-state index in [1.54, 1.807) is 12.1 Å². The molecule has 0 spiro atoms. The van der Waals surface area contributed by atoms with Crippen LogP contribution in [0.1, 0.15) is 18.1 Å². The number of rotatable bonds is 2. The molecule has 6 heteroatoms. The van der Waals surface area contributed by atoms with Crippen molar-refractivity contribution in [1.82, 2.24) is 0 Å². The van der Waals surface area contributed by atoms with Crippen molar-refractivity contribution in [3.8, 4) is 0 Å². The molecule has 18 heavy (non-hydrogen) atoms. The number of halogens is 1. The van der Waals surface area contributed by atoms with Gasteiger partial charge in [0.15, 0.2) is 5.96 Å². The Labute approximate surface area is 111 Å². The van der Waals surface area contributed by atoms with Gasteiger partial charge in [0.25, 0.3) is 0 Å². The summed E-state index contributed by atoms with van der Waals surface area (Å²) in [7, 11) is 0. The third kappa shape index (κ3) is 3.13. The molecule has 1 aromatic rings. The molecule has 0 fully saturated rings. The van der Waals surface area contributed by atoms with Crippen molar-refractivity contribution in [2.45, 2.75) is 20.8 Å². The van der Waals surface area contributed by atoms with E-state index in [1.807, 2.05) is 20.8 Å². The average Bonchev–Trinajstić information content (AvgIpc) is 2.21. The first-order valence-corrected chi connectivity index (χ1v) is 5.92. The van der Waals surface area contributed by atoms with Crippen LogP contribution < -0.4 is 16.4 Å². The summed E-state index contributed by atoms with van der Waals surface area (Å²) < 4.78 is 0. The van der Waals surface area contributed by atoms with Crippen molar-refractivity contribution in [2.75, 3.05) is 11.4 Å². The molecule has 0 atom stereocenters. The van der Waals surface area contributed by atoms with E-state index in [9.17, 15) is 4.79 Å². The van der Waals surface area contributed by atoms with E-state index in [0.717, 1.165) is 16.8 Å². The zero-order valence-corrected chi connectivity index (χ0v) is 11.5. The van der Waals surface area contributed by atoms with Crippen molar-refractivity contribution in [3.05, 3.63) is 28.3 Å². The Morgan fingerprint density at radius 2 is 1.83 bits per heavy atom. The quantitative estimate of drug-likeness (QED) is 0.637. The minimum absolute atomic E-state index is 0.247. The zero-order chi connectivity index (χ0) is 13.9. The fourth-order valence-electron chi connectivity index (χ4n) is 1.89. The molecule has 0 aliphatic rings. The summed E-state index contributed by atoms with van der Waals surface area (Å²) in [6, 6.07) is 3.12. The third-order valence-electron chi connectivity index (χ3n) is 2.50. The van der Waals surface area contributed by atoms with Gasteiger partial charge in [-0.15, -0.1) is 0 Å². The van der Waals surface area contributed by atoms with E-state index in [-0.39, 0.29) is 5.96 Å². The lowest BCUT2D eigenvalue weighted by Crippen LogP contribution is -2.33. The van der Waals surface area contributed by atoms with Gasteiger partial charge in [0.2, 0.25) is 0 Å². The topological polar surface area (TPSA) is 84.7 Å².